The number of aryl methyl sites for hydroxylation is 3. The number of methoxy groups -OCH3 is 1. The van der Waals surface area contributed by atoms with E-state index in [1.54, 1.807) is 31.9 Å². The van der Waals surface area contributed by atoms with Crippen molar-refractivity contribution in [3.63, 3.8) is 0 Å². The Balaban J connectivity index is 2.17. The van der Waals surface area contributed by atoms with Crippen LogP contribution in [0, 0.1) is 19.7 Å². The number of thioether (sulfide) groups is 1. The van der Waals surface area contributed by atoms with Gasteiger partial charge in [0.1, 0.15) is 11.6 Å². The Bertz CT molecular complexity index is 667. The minimum absolute atomic E-state index is 0.157. The Morgan fingerprint density at radius 1 is 1.09 bits per heavy atom. The van der Waals surface area contributed by atoms with Gasteiger partial charge in [-0.3, -0.25) is 0 Å². The maximum Gasteiger partial charge on any atom is 0.133 e. The minimum atomic E-state index is -0.157. The van der Waals surface area contributed by atoms with E-state index < -0.39 is 0 Å². The molecule has 0 aliphatic carbocycles. The van der Waals surface area contributed by atoms with Crippen LogP contribution >= 0.6 is 11.8 Å². The first kappa shape index (κ1) is 17.9. The molecule has 0 aliphatic heterocycles. The Morgan fingerprint density at radius 2 is 1.83 bits per heavy atom. The number of halogens is 1. The lowest BCUT2D eigenvalue weighted by Crippen LogP contribution is -1.97. The first-order valence-electron chi connectivity index (χ1n) is 8.11. The molecule has 0 radical (unpaired) electrons. The summed E-state index contributed by atoms with van der Waals surface area (Å²) in [5.41, 5.74) is 4.04. The largest absolute Gasteiger partial charge is 0.496 e. The van der Waals surface area contributed by atoms with Crippen LogP contribution in [0.3, 0.4) is 0 Å². The monoisotopic (exact) mass is 332 g/mol. The molecule has 0 amide bonds. The maximum atomic E-state index is 14.4. The lowest BCUT2D eigenvalue weighted by Gasteiger charge is -2.12. The number of ether oxygens (including phenoxy) is 1. The molecule has 0 saturated carbocycles. The molecule has 0 aromatic heterocycles. The molecule has 0 aliphatic rings. The predicted octanol–water partition coefficient (Wildman–Crippen LogP) is 6.09. The van der Waals surface area contributed by atoms with Crippen molar-refractivity contribution in [2.45, 2.75) is 50.7 Å². The molecule has 0 unspecified atom stereocenters. The van der Waals surface area contributed by atoms with Crippen LogP contribution < -0.4 is 4.74 Å². The van der Waals surface area contributed by atoms with Crippen LogP contribution in [-0.4, -0.2) is 7.11 Å². The summed E-state index contributed by atoms with van der Waals surface area (Å²) in [6.45, 7) is 6.15. The quantitative estimate of drug-likeness (QED) is 0.568. The predicted molar refractivity (Wildman–Crippen MR) is 97.0 cm³/mol. The van der Waals surface area contributed by atoms with Crippen molar-refractivity contribution in [1.29, 1.82) is 0 Å². The molecule has 124 valence electrons. The molecule has 0 bridgehead atoms. The summed E-state index contributed by atoms with van der Waals surface area (Å²) in [7, 11) is 1.59. The molecule has 0 heterocycles. The van der Waals surface area contributed by atoms with Gasteiger partial charge in [-0.2, -0.15) is 0 Å². The van der Waals surface area contributed by atoms with E-state index in [-0.39, 0.29) is 5.82 Å². The van der Waals surface area contributed by atoms with Gasteiger partial charge < -0.3 is 4.74 Å². The highest BCUT2D eigenvalue weighted by atomic mass is 32.2. The number of unbranched alkanes of at least 4 members (excludes halogenated alkanes) is 1. The fraction of sp³-hybridized carbons (Fsp3) is 0.400. The van der Waals surface area contributed by atoms with Crippen LogP contribution in [0.15, 0.2) is 35.2 Å². The first-order chi connectivity index (χ1) is 11.1. The van der Waals surface area contributed by atoms with Crippen molar-refractivity contribution in [3.8, 4) is 5.75 Å². The Labute approximate surface area is 143 Å². The lowest BCUT2D eigenvalue weighted by molar-refractivity contribution is 0.406. The molecule has 0 saturated heterocycles. The van der Waals surface area contributed by atoms with Crippen LogP contribution in [-0.2, 0) is 12.2 Å². The molecule has 2 rings (SSSR count). The first-order valence-corrected chi connectivity index (χ1v) is 9.09. The van der Waals surface area contributed by atoms with Crippen LogP contribution in [0.25, 0.3) is 0 Å². The molecule has 0 fully saturated rings. The van der Waals surface area contributed by atoms with E-state index in [4.69, 9.17) is 4.74 Å². The van der Waals surface area contributed by atoms with E-state index in [1.165, 1.54) is 28.9 Å². The second-order valence-corrected chi connectivity index (χ2v) is 6.91. The van der Waals surface area contributed by atoms with Crippen LogP contribution in [0.4, 0.5) is 4.39 Å². The number of benzene rings is 2. The van der Waals surface area contributed by atoms with Crippen molar-refractivity contribution in [1.82, 2.24) is 0 Å². The van der Waals surface area contributed by atoms with Crippen molar-refractivity contribution >= 4 is 11.8 Å². The summed E-state index contributed by atoms with van der Waals surface area (Å²) in [4.78, 5) is 1.18. The molecule has 0 N–H and O–H groups in total. The topological polar surface area (TPSA) is 9.23 Å². The number of hydrogen-bond acceptors (Lipinski definition) is 2. The third kappa shape index (κ3) is 4.51. The maximum absolute atomic E-state index is 14.4. The number of hydrogen-bond donors (Lipinski definition) is 0. The molecule has 0 spiro atoms. The summed E-state index contributed by atoms with van der Waals surface area (Å²) in [6.07, 6.45) is 3.51. The van der Waals surface area contributed by atoms with Crippen LogP contribution in [0.1, 0.15) is 42.0 Å². The van der Waals surface area contributed by atoms with Crippen molar-refractivity contribution in [3.05, 3.63) is 58.4 Å². The highest BCUT2D eigenvalue weighted by Gasteiger charge is 2.12. The molecule has 1 nitrogen and oxygen atoms in total. The van der Waals surface area contributed by atoms with Gasteiger partial charge in [0.25, 0.3) is 0 Å². The van der Waals surface area contributed by atoms with E-state index >= 15 is 0 Å². The van der Waals surface area contributed by atoms with E-state index in [0.29, 0.717) is 22.6 Å². The van der Waals surface area contributed by atoms with E-state index in [1.807, 2.05) is 6.07 Å². The average Bonchev–Trinajstić information content (AvgIpc) is 2.56. The van der Waals surface area contributed by atoms with Crippen molar-refractivity contribution < 1.29 is 9.13 Å². The van der Waals surface area contributed by atoms with Crippen LogP contribution in [0.2, 0.25) is 0 Å². The third-order valence-electron chi connectivity index (χ3n) is 4.12. The molecule has 2 aromatic carbocycles. The standard InChI is InChI=1S/C20H25FOS/c1-5-6-7-16-12-17(10-8-14(16)2)23-13-18-19(22-4)11-9-15(3)20(18)21/h8-12H,5-7,13H2,1-4H3. The molecule has 2 aromatic rings. The van der Waals surface area contributed by atoms with Gasteiger partial charge in [-0.1, -0.05) is 25.5 Å². The van der Waals surface area contributed by atoms with Gasteiger partial charge in [0.15, 0.2) is 0 Å². The van der Waals surface area contributed by atoms with Gasteiger partial charge in [0, 0.05) is 16.2 Å². The Hall–Kier alpha value is -1.48. The fourth-order valence-corrected chi connectivity index (χ4v) is 3.55. The summed E-state index contributed by atoms with van der Waals surface area (Å²) in [5, 5.41) is 0. The van der Waals surface area contributed by atoms with Gasteiger partial charge in [0.05, 0.1) is 7.11 Å². The van der Waals surface area contributed by atoms with Gasteiger partial charge in [-0.15, -0.1) is 11.8 Å². The van der Waals surface area contributed by atoms with E-state index in [2.05, 4.69) is 32.0 Å². The average molecular weight is 332 g/mol. The molecular weight excluding hydrogens is 307 g/mol. The van der Waals surface area contributed by atoms with Gasteiger partial charge in [-0.05, 0) is 61.6 Å². The third-order valence-corrected chi connectivity index (χ3v) is 5.14. The highest BCUT2D eigenvalue weighted by molar-refractivity contribution is 7.98. The Morgan fingerprint density at radius 3 is 2.52 bits per heavy atom. The summed E-state index contributed by atoms with van der Waals surface area (Å²) in [6, 6.07) is 10.1. The normalized spacial score (nSPS) is 10.8. The fourth-order valence-electron chi connectivity index (χ4n) is 2.58. The van der Waals surface area contributed by atoms with Gasteiger partial charge in [-0.25, -0.2) is 4.39 Å². The molecule has 23 heavy (non-hydrogen) atoms. The van der Waals surface area contributed by atoms with Crippen molar-refractivity contribution in [2.24, 2.45) is 0 Å². The highest BCUT2D eigenvalue weighted by Crippen LogP contribution is 2.32. The lowest BCUT2D eigenvalue weighted by atomic mass is 10.0. The second-order valence-electron chi connectivity index (χ2n) is 5.86. The zero-order chi connectivity index (χ0) is 16.8. The van der Waals surface area contributed by atoms with Crippen molar-refractivity contribution in [2.75, 3.05) is 7.11 Å². The number of rotatable bonds is 7. The van der Waals surface area contributed by atoms with Gasteiger partial charge >= 0.3 is 0 Å². The summed E-state index contributed by atoms with van der Waals surface area (Å²) in [5.74, 6) is 1.04. The SMILES string of the molecule is CCCCc1cc(SCc2c(OC)ccc(C)c2F)ccc1C. The van der Waals surface area contributed by atoms with Gasteiger partial charge in [0.2, 0.25) is 0 Å². The molecule has 0 atom stereocenters. The molecular formula is C20H25FOS. The van der Waals surface area contributed by atoms with Crippen LogP contribution in [0.5, 0.6) is 5.75 Å². The zero-order valence-electron chi connectivity index (χ0n) is 14.4. The zero-order valence-corrected chi connectivity index (χ0v) is 15.2. The summed E-state index contributed by atoms with van der Waals surface area (Å²) >= 11 is 1.66. The molecule has 3 heteroatoms. The second kappa shape index (κ2) is 8.39. The van der Waals surface area contributed by atoms with E-state index in [0.717, 1.165) is 6.42 Å². The summed E-state index contributed by atoms with van der Waals surface area (Å²) < 4.78 is 19.7. The smallest absolute Gasteiger partial charge is 0.133 e. The Kier molecular flexibility index (Phi) is 6.52. The van der Waals surface area contributed by atoms with E-state index in [9.17, 15) is 4.39 Å². The minimum Gasteiger partial charge on any atom is -0.496 e.